The normalized spacial score (nSPS) is 13.1. The number of rotatable bonds is 4. The quantitative estimate of drug-likeness (QED) is 0.559. The molecule has 0 saturated carbocycles. The average Bonchev–Trinajstić information content (AvgIpc) is 3.39. The lowest BCUT2D eigenvalue weighted by Gasteiger charge is -2.09. The van der Waals surface area contributed by atoms with Crippen LogP contribution in [-0.2, 0) is 26.3 Å². The van der Waals surface area contributed by atoms with E-state index in [1.165, 1.54) is 11.1 Å². The zero-order valence-corrected chi connectivity index (χ0v) is 15.4. The Morgan fingerprint density at radius 2 is 2.11 bits per heavy atom. The summed E-state index contributed by atoms with van der Waals surface area (Å²) in [7, 11) is 1.92. The summed E-state index contributed by atoms with van der Waals surface area (Å²) in [5.41, 5.74) is 6.43. The Bertz CT molecular complexity index is 1140. The highest BCUT2D eigenvalue weighted by Crippen LogP contribution is 2.29. The largest absolute Gasteiger partial charge is 0.493 e. The van der Waals surface area contributed by atoms with Crippen LogP contribution in [0.3, 0.4) is 0 Å². The van der Waals surface area contributed by atoms with Crippen LogP contribution in [-0.4, -0.2) is 36.0 Å². The lowest BCUT2D eigenvalue weighted by atomic mass is 10.0. The van der Waals surface area contributed by atoms with Gasteiger partial charge in [-0.15, -0.1) is 10.2 Å². The summed E-state index contributed by atoms with van der Waals surface area (Å²) >= 11 is 0. The average molecular weight is 360 g/mol. The predicted molar refractivity (Wildman–Crippen MR) is 101 cm³/mol. The fraction of sp³-hybridized carbons (Fsp3) is 0.300. The molecule has 0 saturated heterocycles. The highest BCUT2D eigenvalue weighted by molar-refractivity contribution is 5.77. The summed E-state index contributed by atoms with van der Waals surface area (Å²) in [5, 5.41) is 12.9. The summed E-state index contributed by atoms with van der Waals surface area (Å²) in [5.74, 6) is 1.98. The molecule has 0 bridgehead atoms. The molecule has 7 nitrogen and oxygen atoms in total. The first kappa shape index (κ1) is 16.0. The van der Waals surface area contributed by atoms with Gasteiger partial charge in [0.25, 0.3) is 0 Å². The fourth-order valence-electron chi connectivity index (χ4n) is 3.88. The van der Waals surface area contributed by atoms with Gasteiger partial charge in [0.15, 0.2) is 5.65 Å². The number of aryl methyl sites for hydroxylation is 4. The van der Waals surface area contributed by atoms with Gasteiger partial charge in [-0.2, -0.15) is 5.10 Å². The molecule has 4 aromatic rings. The van der Waals surface area contributed by atoms with Crippen molar-refractivity contribution in [3.05, 3.63) is 59.6 Å². The highest BCUT2D eigenvalue weighted by Gasteiger charge is 2.17. The van der Waals surface area contributed by atoms with Gasteiger partial charge < -0.3 is 4.74 Å². The number of benzene rings is 1. The van der Waals surface area contributed by atoms with Gasteiger partial charge in [0, 0.05) is 49.0 Å². The van der Waals surface area contributed by atoms with Gasteiger partial charge in [-0.1, -0.05) is 12.1 Å². The molecule has 0 unspecified atom stereocenters. The molecule has 5 rings (SSSR count). The fourth-order valence-corrected chi connectivity index (χ4v) is 3.88. The van der Waals surface area contributed by atoms with E-state index in [9.17, 15) is 0 Å². The van der Waals surface area contributed by atoms with Crippen LogP contribution in [0.25, 0.3) is 16.8 Å². The standard InChI is InChI=1S/C20H20N6O/c1-13-17(11-25(2)24-13)16-10-21-19(26-12-22-23-20(16)26)7-6-14-4-3-5-18-15(14)8-9-27-18/h3-5,10-12H,6-9H2,1-2H3. The first-order valence-corrected chi connectivity index (χ1v) is 9.12. The second-order valence-electron chi connectivity index (χ2n) is 6.91. The van der Waals surface area contributed by atoms with Gasteiger partial charge in [0.1, 0.15) is 17.9 Å². The third-order valence-electron chi connectivity index (χ3n) is 5.17. The smallest absolute Gasteiger partial charge is 0.171 e. The first-order chi connectivity index (χ1) is 13.2. The van der Waals surface area contributed by atoms with Gasteiger partial charge in [0.05, 0.1) is 12.3 Å². The SMILES string of the molecule is Cc1nn(C)cc1-c1cnc(CCc2cccc3c2CCO3)n2cnnc12. The molecule has 7 heteroatoms. The lowest BCUT2D eigenvalue weighted by molar-refractivity contribution is 0.357. The summed E-state index contributed by atoms with van der Waals surface area (Å²) in [6, 6.07) is 6.30. The van der Waals surface area contributed by atoms with E-state index < -0.39 is 0 Å². The van der Waals surface area contributed by atoms with Crippen molar-refractivity contribution < 1.29 is 4.74 Å². The maximum atomic E-state index is 5.68. The molecule has 0 fully saturated rings. The molecule has 0 atom stereocenters. The van der Waals surface area contributed by atoms with Crippen molar-refractivity contribution >= 4 is 5.65 Å². The second-order valence-corrected chi connectivity index (χ2v) is 6.91. The predicted octanol–water partition coefficient (Wildman–Crippen LogP) is 2.55. The van der Waals surface area contributed by atoms with Crippen molar-refractivity contribution in [1.82, 2.24) is 29.4 Å². The summed E-state index contributed by atoms with van der Waals surface area (Å²) < 4.78 is 9.47. The number of ether oxygens (including phenoxy) is 1. The van der Waals surface area contributed by atoms with Gasteiger partial charge in [-0.3, -0.25) is 9.08 Å². The van der Waals surface area contributed by atoms with Crippen molar-refractivity contribution in [2.45, 2.75) is 26.2 Å². The molecule has 1 aliphatic rings. The second kappa shape index (κ2) is 6.19. The van der Waals surface area contributed by atoms with Gasteiger partial charge >= 0.3 is 0 Å². The summed E-state index contributed by atoms with van der Waals surface area (Å²) in [4.78, 5) is 4.73. The van der Waals surface area contributed by atoms with Crippen LogP contribution < -0.4 is 4.74 Å². The highest BCUT2D eigenvalue weighted by atomic mass is 16.5. The molecular weight excluding hydrogens is 340 g/mol. The van der Waals surface area contributed by atoms with E-state index in [1.54, 1.807) is 6.33 Å². The Morgan fingerprint density at radius 1 is 1.19 bits per heavy atom. The van der Waals surface area contributed by atoms with Crippen molar-refractivity contribution in [2.24, 2.45) is 7.05 Å². The molecule has 3 aromatic heterocycles. The zero-order valence-electron chi connectivity index (χ0n) is 15.4. The molecule has 4 heterocycles. The maximum absolute atomic E-state index is 5.68. The third kappa shape index (κ3) is 2.66. The van der Waals surface area contributed by atoms with Crippen LogP contribution in [0.2, 0.25) is 0 Å². The van der Waals surface area contributed by atoms with Crippen molar-refractivity contribution in [3.8, 4) is 16.9 Å². The molecule has 0 radical (unpaired) electrons. The van der Waals surface area contributed by atoms with Crippen LogP contribution in [0, 0.1) is 6.92 Å². The Labute approximate surface area is 156 Å². The summed E-state index contributed by atoms with van der Waals surface area (Å²) in [6.45, 7) is 2.77. The maximum Gasteiger partial charge on any atom is 0.171 e. The van der Waals surface area contributed by atoms with E-state index in [0.29, 0.717) is 0 Å². The van der Waals surface area contributed by atoms with E-state index in [2.05, 4.69) is 27.4 Å². The molecule has 0 amide bonds. The molecule has 136 valence electrons. The van der Waals surface area contributed by atoms with Gasteiger partial charge in [-0.25, -0.2) is 4.98 Å². The van der Waals surface area contributed by atoms with Crippen molar-refractivity contribution in [1.29, 1.82) is 0 Å². The van der Waals surface area contributed by atoms with E-state index >= 15 is 0 Å². The Kier molecular flexibility index (Phi) is 3.67. The van der Waals surface area contributed by atoms with Crippen LogP contribution >= 0.6 is 0 Å². The van der Waals surface area contributed by atoms with Crippen molar-refractivity contribution in [3.63, 3.8) is 0 Å². The molecule has 0 N–H and O–H groups in total. The molecule has 1 aliphatic heterocycles. The first-order valence-electron chi connectivity index (χ1n) is 9.12. The number of hydrogen-bond donors (Lipinski definition) is 0. The minimum Gasteiger partial charge on any atom is -0.493 e. The monoisotopic (exact) mass is 360 g/mol. The zero-order chi connectivity index (χ0) is 18.4. The Balaban J connectivity index is 1.49. The minimum atomic E-state index is 0.777. The lowest BCUT2D eigenvalue weighted by Crippen LogP contribution is -2.05. The van der Waals surface area contributed by atoms with Gasteiger partial charge in [-0.05, 0) is 25.0 Å². The van der Waals surface area contributed by atoms with Crippen LogP contribution in [0.4, 0.5) is 0 Å². The van der Waals surface area contributed by atoms with E-state index in [1.807, 2.05) is 41.5 Å². The van der Waals surface area contributed by atoms with Crippen LogP contribution in [0.15, 0.2) is 36.9 Å². The molecule has 1 aromatic carbocycles. The van der Waals surface area contributed by atoms with Crippen molar-refractivity contribution in [2.75, 3.05) is 6.61 Å². The number of nitrogens with zero attached hydrogens (tertiary/aromatic N) is 6. The van der Waals surface area contributed by atoms with E-state index in [0.717, 1.165) is 59.9 Å². The van der Waals surface area contributed by atoms with E-state index in [4.69, 9.17) is 9.72 Å². The Hall–Kier alpha value is -3.22. The molecular formula is C20H20N6O. The number of hydrogen-bond acceptors (Lipinski definition) is 5. The number of fused-ring (bicyclic) bond motifs is 2. The minimum absolute atomic E-state index is 0.777. The molecule has 27 heavy (non-hydrogen) atoms. The van der Waals surface area contributed by atoms with Crippen LogP contribution in [0.1, 0.15) is 22.6 Å². The number of aromatic nitrogens is 6. The Morgan fingerprint density at radius 3 is 2.96 bits per heavy atom. The van der Waals surface area contributed by atoms with E-state index in [-0.39, 0.29) is 0 Å². The third-order valence-corrected chi connectivity index (χ3v) is 5.17. The van der Waals surface area contributed by atoms with Gasteiger partial charge in [0.2, 0.25) is 0 Å². The molecule has 0 aliphatic carbocycles. The topological polar surface area (TPSA) is 70.1 Å². The molecule has 0 spiro atoms. The van der Waals surface area contributed by atoms with Crippen LogP contribution in [0.5, 0.6) is 5.75 Å². The summed E-state index contributed by atoms with van der Waals surface area (Å²) in [6.07, 6.45) is 8.34.